The number of benzene rings is 2. The summed E-state index contributed by atoms with van der Waals surface area (Å²) in [6.45, 7) is 3.62. The Morgan fingerprint density at radius 2 is 1.69 bits per heavy atom. The number of carbonyl (C=O) groups excluding carboxylic acids is 2. The fourth-order valence-electron chi connectivity index (χ4n) is 4.53. The molecule has 1 amide bonds. The Hall–Kier alpha value is -5.20. The minimum Gasteiger partial charge on any atom is -0.497 e. The maximum absolute atomic E-state index is 14.0. The Kier molecular flexibility index (Phi) is 7.42. The first-order chi connectivity index (χ1) is 20.0. The maximum Gasteiger partial charge on any atom is 0.433 e. The molecule has 10 nitrogen and oxygen atoms in total. The van der Waals surface area contributed by atoms with Gasteiger partial charge in [-0.2, -0.15) is 23.4 Å². The molecule has 0 aliphatic heterocycles. The van der Waals surface area contributed by atoms with E-state index in [4.69, 9.17) is 9.47 Å². The minimum atomic E-state index is -4.77. The molecule has 13 heteroatoms. The van der Waals surface area contributed by atoms with Crippen LogP contribution in [0.3, 0.4) is 0 Å². The van der Waals surface area contributed by atoms with Gasteiger partial charge < -0.3 is 14.8 Å². The summed E-state index contributed by atoms with van der Waals surface area (Å²) in [5, 5.41) is 11.1. The Balaban J connectivity index is 1.46. The molecular formula is C29H25F3N6O4. The van der Waals surface area contributed by atoms with Gasteiger partial charge in [-0.1, -0.05) is 18.2 Å². The molecule has 42 heavy (non-hydrogen) atoms. The van der Waals surface area contributed by atoms with Crippen molar-refractivity contribution < 1.29 is 32.2 Å². The Morgan fingerprint density at radius 3 is 2.36 bits per heavy atom. The van der Waals surface area contributed by atoms with Crippen molar-refractivity contribution in [2.75, 3.05) is 19.5 Å². The van der Waals surface area contributed by atoms with E-state index in [2.05, 4.69) is 20.5 Å². The van der Waals surface area contributed by atoms with Crippen molar-refractivity contribution >= 4 is 23.2 Å². The van der Waals surface area contributed by atoms with E-state index in [0.29, 0.717) is 44.0 Å². The molecule has 3 heterocycles. The van der Waals surface area contributed by atoms with Crippen molar-refractivity contribution in [2.45, 2.75) is 26.6 Å². The molecule has 0 atom stereocenters. The van der Waals surface area contributed by atoms with Crippen LogP contribution in [-0.2, 0) is 17.5 Å². The van der Waals surface area contributed by atoms with Gasteiger partial charge in [-0.25, -0.2) is 14.3 Å². The van der Waals surface area contributed by atoms with E-state index in [0.717, 1.165) is 6.07 Å². The van der Waals surface area contributed by atoms with Crippen LogP contribution in [0.25, 0.3) is 16.9 Å². The molecule has 5 rings (SSSR count). The summed E-state index contributed by atoms with van der Waals surface area (Å²) in [6.07, 6.45) is -4.77. The average Bonchev–Trinajstić information content (AvgIpc) is 3.52. The zero-order chi connectivity index (χ0) is 30.2. The lowest BCUT2D eigenvalue weighted by Gasteiger charge is -2.11. The van der Waals surface area contributed by atoms with Crippen molar-refractivity contribution in [2.24, 2.45) is 0 Å². The van der Waals surface area contributed by atoms with Gasteiger partial charge in [0.1, 0.15) is 5.75 Å². The van der Waals surface area contributed by atoms with Crippen molar-refractivity contribution in [3.63, 3.8) is 0 Å². The highest BCUT2D eigenvalue weighted by Gasteiger charge is 2.36. The van der Waals surface area contributed by atoms with Gasteiger partial charge in [-0.15, -0.1) is 0 Å². The summed E-state index contributed by atoms with van der Waals surface area (Å²) in [4.78, 5) is 29.7. The highest BCUT2D eigenvalue weighted by molar-refractivity contribution is 6.04. The van der Waals surface area contributed by atoms with Crippen LogP contribution in [-0.4, -0.2) is 50.5 Å². The predicted molar refractivity (Wildman–Crippen MR) is 147 cm³/mol. The summed E-state index contributed by atoms with van der Waals surface area (Å²) in [5.41, 5.74) is 1.45. The number of amides is 1. The highest BCUT2D eigenvalue weighted by Crippen LogP contribution is 2.33. The Bertz CT molecular complexity index is 1810. The van der Waals surface area contributed by atoms with Gasteiger partial charge in [-0.05, 0) is 55.8 Å². The lowest BCUT2D eigenvalue weighted by molar-refractivity contribution is -0.142. The molecule has 0 unspecified atom stereocenters. The number of carbonyl (C=O) groups is 2. The van der Waals surface area contributed by atoms with Gasteiger partial charge in [0.2, 0.25) is 0 Å². The molecule has 0 saturated heterocycles. The van der Waals surface area contributed by atoms with E-state index in [1.807, 2.05) is 0 Å². The third kappa shape index (κ3) is 5.40. The number of nitrogens with zero attached hydrogens (tertiary/aromatic N) is 5. The molecule has 1 N–H and O–H groups in total. The quantitative estimate of drug-likeness (QED) is 0.260. The molecule has 0 bridgehead atoms. The Morgan fingerprint density at radius 1 is 0.976 bits per heavy atom. The number of esters is 1. The summed E-state index contributed by atoms with van der Waals surface area (Å²) in [7, 11) is 2.78. The second-order valence-corrected chi connectivity index (χ2v) is 9.36. The smallest absolute Gasteiger partial charge is 0.433 e. The number of hydrogen-bond acceptors (Lipinski definition) is 7. The monoisotopic (exact) mass is 578 g/mol. The van der Waals surface area contributed by atoms with Gasteiger partial charge in [0.05, 0.1) is 49.1 Å². The van der Waals surface area contributed by atoms with Crippen molar-refractivity contribution in [1.29, 1.82) is 0 Å². The topological polar surface area (TPSA) is 113 Å². The number of rotatable bonds is 7. The second kappa shape index (κ2) is 11.0. The van der Waals surface area contributed by atoms with E-state index in [1.54, 1.807) is 67.1 Å². The first-order valence-corrected chi connectivity index (χ1v) is 12.6. The lowest BCUT2D eigenvalue weighted by atomic mass is 10.1. The maximum atomic E-state index is 14.0. The van der Waals surface area contributed by atoms with E-state index in [9.17, 15) is 22.8 Å². The van der Waals surface area contributed by atoms with Crippen molar-refractivity contribution in [3.05, 3.63) is 94.6 Å². The molecule has 0 saturated carbocycles. The molecule has 0 spiro atoms. The average molecular weight is 579 g/mol. The summed E-state index contributed by atoms with van der Waals surface area (Å²) < 4.78 is 54.3. The van der Waals surface area contributed by atoms with E-state index >= 15 is 0 Å². The minimum absolute atomic E-state index is 0.0598. The van der Waals surface area contributed by atoms with Gasteiger partial charge in [0.25, 0.3) is 5.91 Å². The van der Waals surface area contributed by atoms with E-state index < -0.39 is 23.7 Å². The van der Waals surface area contributed by atoms with E-state index in [1.165, 1.54) is 20.3 Å². The SMILES string of the molecule is COC(=O)c1ccccc1Cn1nc(C)c(NC(=O)c2cc3nc(-c4ccc(OC)cc4)cc(C(F)(F)F)n3n2)c1C. The number of aryl methyl sites for hydroxylation is 1. The third-order valence-electron chi connectivity index (χ3n) is 6.70. The molecule has 2 aromatic carbocycles. The molecule has 216 valence electrons. The number of halogens is 3. The third-order valence-corrected chi connectivity index (χ3v) is 6.70. The molecular weight excluding hydrogens is 553 g/mol. The molecule has 5 aromatic rings. The number of hydrogen-bond donors (Lipinski definition) is 1. The normalized spacial score (nSPS) is 11.5. The first-order valence-electron chi connectivity index (χ1n) is 12.6. The van der Waals surface area contributed by atoms with Gasteiger partial charge >= 0.3 is 12.1 Å². The van der Waals surface area contributed by atoms with Crippen LogP contribution in [0.4, 0.5) is 18.9 Å². The second-order valence-electron chi connectivity index (χ2n) is 9.36. The number of fused-ring (bicyclic) bond motifs is 1. The molecule has 0 radical (unpaired) electrons. The lowest BCUT2D eigenvalue weighted by Crippen LogP contribution is -2.16. The number of nitrogens with one attached hydrogen (secondary N) is 1. The van der Waals surface area contributed by atoms with Gasteiger partial charge in [0.15, 0.2) is 17.0 Å². The van der Waals surface area contributed by atoms with Crippen LogP contribution < -0.4 is 10.1 Å². The van der Waals surface area contributed by atoms with Crippen molar-refractivity contribution in [3.8, 4) is 17.0 Å². The van der Waals surface area contributed by atoms with E-state index in [-0.39, 0.29) is 23.6 Å². The van der Waals surface area contributed by atoms with Crippen LogP contribution in [0.5, 0.6) is 5.75 Å². The van der Waals surface area contributed by atoms with Gasteiger partial charge in [-0.3, -0.25) is 9.48 Å². The standard InChI is InChI=1S/C29H25F3N6O4/c1-16-26(17(2)37(35-16)15-19-7-5-6-8-21(19)28(40)42-4)34-27(39)23-14-25-33-22(18-9-11-20(41-3)12-10-18)13-24(29(30,31)32)38(25)36-23/h5-14H,15H2,1-4H3,(H,34,39). The fraction of sp³-hybridized carbons (Fsp3) is 0.207. The van der Waals surface area contributed by atoms with Crippen LogP contribution in [0, 0.1) is 13.8 Å². The Labute approximate surface area is 237 Å². The summed E-state index contributed by atoms with van der Waals surface area (Å²) in [6, 6.07) is 15.4. The summed E-state index contributed by atoms with van der Waals surface area (Å²) in [5.74, 6) is -0.685. The highest BCUT2D eigenvalue weighted by atomic mass is 19.4. The number of methoxy groups -OCH3 is 2. The number of ether oxygens (including phenoxy) is 2. The summed E-state index contributed by atoms with van der Waals surface area (Å²) >= 11 is 0. The largest absolute Gasteiger partial charge is 0.497 e. The predicted octanol–water partition coefficient (Wildman–Crippen LogP) is 5.32. The van der Waals surface area contributed by atoms with Gasteiger partial charge in [0, 0.05) is 11.6 Å². The van der Waals surface area contributed by atoms with Crippen molar-refractivity contribution in [1.82, 2.24) is 24.4 Å². The first kappa shape index (κ1) is 28.3. The zero-order valence-corrected chi connectivity index (χ0v) is 23.0. The molecule has 3 aromatic heterocycles. The molecule has 0 aliphatic rings. The number of aromatic nitrogens is 5. The molecule has 0 aliphatic carbocycles. The van der Waals surface area contributed by atoms with Crippen LogP contribution in [0.2, 0.25) is 0 Å². The molecule has 0 fully saturated rings. The number of anilines is 1. The van der Waals surface area contributed by atoms with Crippen LogP contribution >= 0.6 is 0 Å². The zero-order valence-electron chi connectivity index (χ0n) is 23.0. The van der Waals surface area contributed by atoms with Crippen LogP contribution in [0.15, 0.2) is 60.7 Å². The fourth-order valence-corrected chi connectivity index (χ4v) is 4.53. The number of alkyl halides is 3. The van der Waals surface area contributed by atoms with Crippen LogP contribution in [0.1, 0.15) is 43.5 Å².